The third kappa shape index (κ3) is 2.06. The summed E-state index contributed by atoms with van der Waals surface area (Å²) in [5, 5.41) is -0.0494. The van der Waals surface area contributed by atoms with E-state index in [0.717, 1.165) is 6.20 Å². The Morgan fingerprint density at radius 1 is 1.46 bits per heavy atom. The summed E-state index contributed by atoms with van der Waals surface area (Å²) in [6.07, 6.45) is -2.00. The summed E-state index contributed by atoms with van der Waals surface area (Å²) in [7, 11) is 0. The summed E-state index contributed by atoms with van der Waals surface area (Å²) >= 11 is 10.8. The number of nitrogens with zero attached hydrogens (tertiary/aromatic N) is 1. The average molecular weight is 230 g/mol. The highest BCUT2D eigenvalue weighted by Gasteiger charge is 2.21. The van der Waals surface area contributed by atoms with Crippen molar-refractivity contribution in [2.24, 2.45) is 0 Å². The molecule has 0 aliphatic carbocycles. The molecule has 6 heteroatoms. The number of aromatic nitrogens is 1. The standard InChI is InChI=1S/C7H4Cl2F3N/c8-1-3-4(9)2-13-7(12)5(3)6(10)11/h2,6H,1H2. The molecule has 0 bridgehead atoms. The molecular formula is C7H4Cl2F3N. The molecule has 1 heterocycles. The molecule has 0 saturated carbocycles. The summed E-state index contributed by atoms with van der Waals surface area (Å²) < 4.78 is 37.3. The fourth-order valence-electron chi connectivity index (χ4n) is 0.872. The van der Waals surface area contributed by atoms with Gasteiger partial charge in [-0.3, -0.25) is 0 Å². The highest BCUT2D eigenvalue weighted by Crippen LogP contribution is 2.30. The Labute approximate surface area is 82.5 Å². The quantitative estimate of drug-likeness (QED) is 0.559. The third-order valence-electron chi connectivity index (χ3n) is 1.48. The molecule has 0 N–H and O–H groups in total. The second-order valence-corrected chi connectivity index (χ2v) is 2.90. The maximum absolute atomic E-state index is 12.8. The molecule has 1 rings (SSSR count). The number of pyridine rings is 1. The minimum Gasteiger partial charge on any atom is -0.226 e. The lowest BCUT2D eigenvalue weighted by atomic mass is 10.1. The van der Waals surface area contributed by atoms with Crippen molar-refractivity contribution in [3.05, 3.63) is 28.3 Å². The van der Waals surface area contributed by atoms with Crippen molar-refractivity contribution in [2.75, 3.05) is 0 Å². The second-order valence-electron chi connectivity index (χ2n) is 2.22. The van der Waals surface area contributed by atoms with Gasteiger partial charge in [0.2, 0.25) is 5.95 Å². The molecule has 0 fully saturated rings. The van der Waals surface area contributed by atoms with E-state index in [4.69, 9.17) is 23.2 Å². The lowest BCUT2D eigenvalue weighted by Gasteiger charge is -2.07. The molecule has 0 amide bonds. The number of hydrogen-bond acceptors (Lipinski definition) is 1. The Hall–Kier alpha value is -0.480. The largest absolute Gasteiger partial charge is 0.268 e. The van der Waals surface area contributed by atoms with Gasteiger partial charge in [0.15, 0.2) is 0 Å². The van der Waals surface area contributed by atoms with Crippen LogP contribution in [0.25, 0.3) is 0 Å². The topological polar surface area (TPSA) is 12.9 Å². The SMILES string of the molecule is Fc1ncc(Cl)c(CCl)c1C(F)F. The van der Waals surface area contributed by atoms with Gasteiger partial charge in [-0.1, -0.05) is 11.6 Å². The predicted molar refractivity (Wildman–Crippen MR) is 43.7 cm³/mol. The molecule has 0 aromatic carbocycles. The number of rotatable bonds is 2. The summed E-state index contributed by atoms with van der Waals surface area (Å²) in [5.74, 6) is -1.49. The van der Waals surface area contributed by atoms with Crippen LogP contribution in [0.4, 0.5) is 13.2 Å². The van der Waals surface area contributed by atoms with Crippen molar-refractivity contribution in [3.8, 4) is 0 Å². The number of hydrogen-bond donors (Lipinski definition) is 0. The van der Waals surface area contributed by atoms with E-state index < -0.39 is 17.9 Å². The van der Waals surface area contributed by atoms with Gasteiger partial charge in [-0.15, -0.1) is 11.6 Å². The molecule has 0 spiro atoms. The minimum atomic E-state index is -2.96. The Kier molecular flexibility index (Phi) is 3.39. The van der Waals surface area contributed by atoms with Gasteiger partial charge in [0.25, 0.3) is 6.43 Å². The van der Waals surface area contributed by atoms with Crippen LogP contribution in [0.15, 0.2) is 6.20 Å². The van der Waals surface area contributed by atoms with E-state index in [1.807, 2.05) is 0 Å². The Bertz CT molecular complexity index is 317. The van der Waals surface area contributed by atoms with E-state index in [1.54, 1.807) is 0 Å². The molecule has 1 aromatic rings. The van der Waals surface area contributed by atoms with E-state index in [2.05, 4.69) is 4.98 Å². The van der Waals surface area contributed by atoms with Crippen LogP contribution in [0.5, 0.6) is 0 Å². The van der Waals surface area contributed by atoms with E-state index in [0.29, 0.717) is 0 Å². The van der Waals surface area contributed by atoms with Crippen LogP contribution < -0.4 is 0 Å². The molecule has 72 valence electrons. The van der Waals surface area contributed by atoms with Gasteiger partial charge >= 0.3 is 0 Å². The first-order valence-electron chi connectivity index (χ1n) is 3.24. The summed E-state index contributed by atoms with van der Waals surface area (Å²) in [4.78, 5) is 3.07. The van der Waals surface area contributed by atoms with Crippen LogP contribution in [0.1, 0.15) is 17.6 Å². The van der Waals surface area contributed by atoms with Gasteiger partial charge in [0, 0.05) is 17.6 Å². The Morgan fingerprint density at radius 3 is 2.46 bits per heavy atom. The van der Waals surface area contributed by atoms with Crippen molar-refractivity contribution >= 4 is 23.2 Å². The molecule has 0 aliphatic heterocycles. The van der Waals surface area contributed by atoms with Gasteiger partial charge < -0.3 is 0 Å². The zero-order valence-electron chi connectivity index (χ0n) is 6.20. The molecule has 0 aliphatic rings. The fraction of sp³-hybridized carbons (Fsp3) is 0.286. The predicted octanol–water partition coefficient (Wildman–Crippen LogP) is 3.55. The maximum Gasteiger partial charge on any atom is 0.268 e. The summed E-state index contributed by atoms with van der Waals surface area (Å²) in [5.41, 5.74) is -0.923. The van der Waals surface area contributed by atoms with Crippen molar-refractivity contribution in [1.29, 1.82) is 0 Å². The fourth-order valence-corrected chi connectivity index (χ4v) is 1.45. The first kappa shape index (κ1) is 10.6. The lowest BCUT2D eigenvalue weighted by molar-refractivity contribution is 0.144. The van der Waals surface area contributed by atoms with Crippen LogP contribution in [-0.4, -0.2) is 4.98 Å². The van der Waals surface area contributed by atoms with Gasteiger partial charge in [0.05, 0.1) is 10.6 Å². The van der Waals surface area contributed by atoms with Crippen LogP contribution in [0.3, 0.4) is 0 Å². The second kappa shape index (κ2) is 4.15. The maximum atomic E-state index is 12.8. The molecule has 0 unspecified atom stereocenters. The van der Waals surface area contributed by atoms with Gasteiger partial charge in [-0.2, -0.15) is 4.39 Å². The van der Waals surface area contributed by atoms with E-state index >= 15 is 0 Å². The van der Waals surface area contributed by atoms with Crippen molar-refractivity contribution in [1.82, 2.24) is 4.98 Å². The van der Waals surface area contributed by atoms with Crippen LogP contribution in [0.2, 0.25) is 5.02 Å². The van der Waals surface area contributed by atoms with E-state index in [9.17, 15) is 13.2 Å². The van der Waals surface area contributed by atoms with Crippen molar-refractivity contribution in [2.45, 2.75) is 12.3 Å². The highest BCUT2D eigenvalue weighted by atomic mass is 35.5. The molecule has 1 nitrogen and oxygen atoms in total. The number of alkyl halides is 3. The average Bonchev–Trinajstić information content (AvgIpc) is 2.07. The Morgan fingerprint density at radius 2 is 2.08 bits per heavy atom. The zero-order valence-corrected chi connectivity index (χ0v) is 7.71. The lowest BCUT2D eigenvalue weighted by Crippen LogP contribution is -2.00. The Balaban J connectivity index is 3.35. The molecule has 0 radical (unpaired) electrons. The number of halogens is 5. The molecule has 13 heavy (non-hydrogen) atoms. The van der Waals surface area contributed by atoms with E-state index in [-0.39, 0.29) is 16.5 Å². The van der Waals surface area contributed by atoms with Gasteiger partial charge in [-0.25, -0.2) is 13.8 Å². The normalized spacial score (nSPS) is 10.9. The molecular weight excluding hydrogens is 226 g/mol. The highest BCUT2D eigenvalue weighted by molar-refractivity contribution is 6.32. The minimum absolute atomic E-state index is 0.0494. The van der Waals surface area contributed by atoms with Gasteiger partial charge in [-0.05, 0) is 0 Å². The van der Waals surface area contributed by atoms with Crippen LogP contribution in [0, 0.1) is 5.95 Å². The molecule has 0 saturated heterocycles. The van der Waals surface area contributed by atoms with E-state index in [1.165, 1.54) is 0 Å². The van der Waals surface area contributed by atoms with Gasteiger partial charge in [0.1, 0.15) is 0 Å². The van der Waals surface area contributed by atoms with Crippen LogP contribution >= 0.6 is 23.2 Å². The first-order valence-corrected chi connectivity index (χ1v) is 4.16. The first-order chi connectivity index (χ1) is 6.07. The monoisotopic (exact) mass is 229 g/mol. The summed E-state index contributed by atoms with van der Waals surface area (Å²) in [6, 6.07) is 0. The smallest absolute Gasteiger partial charge is 0.226 e. The molecule has 0 atom stereocenters. The summed E-state index contributed by atoms with van der Waals surface area (Å²) in [6.45, 7) is 0. The zero-order chi connectivity index (χ0) is 10.0. The van der Waals surface area contributed by atoms with Crippen molar-refractivity contribution < 1.29 is 13.2 Å². The van der Waals surface area contributed by atoms with Crippen LogP contribution in [-0.2, 0) is 5.88 Å². The molecule has 1 aromatic heterocycles. The van der Waals surface area contributed by atoms with Crippen molar-refractivity contribution in [3.63, 3.8) is 0 Å². The third-order valence-corrected chi connectivity index (χ3v) is 2.07.